The normalized spacial score (nSPS) is 9.60. The molecule has 0 aliphatic carbocycles. The van der Waals surface area contributed by atoms with Gasteiger partial charge in [0.15, 0.2) is 0 Å². The number of hydrogen-bond acceptors (Lipinski definition) is 4. The first kappa shape index (κ1) is 11.3. The average Bonchev–Trinajstić information content (AvgIpc) is 2.26. The first-order chi connectivity index (χ1) is 7.27. The van der Waals surface area contributed by atoms with Gasteiger partial charge in [-0.05, 0) is 25.1 Å². The van der Waals surface area contributed by atoms with E-state index < -0.39 is 0 Å². The maximum atomic E-state index is 8.63. The largest absolute Gasteiger partial charge is 0.489 e. The van der Waals surface area contributed by atoms with Crippen LogP contribution < -0.4 is 10.5 Å². The Morgan fingerprint density at radius 3 is 2.80 bits per heavy atom. The standard InChI is InChI=1S/C11H14N2O2/c1-2-14-5-6-15-11-4-3-9(8-12)7-10(11)13/h3-4,7H,2,5-6,13H2,1H3. The molecule has 0 saturated heterocycles. The van der Waals surface area contributed by atoms with E-state index in [-0.39, 0.29) is 0 Å². The molecule has 1 aromatic carbocycles. The van der Waals surface area contributed by atoms with Crippen molar-refractivity contribution in [2.45, 2.75) is 6.92 Å². The minimum absolute atomic E-state index is 0.462. The van der Waals surface area contributed by atoms with Crippen LogP contribution >= 0.6 is 0 Å². The van der Waals surface area contributed by atoms with Crippen LogP contribution in [0.15, 0.2) is 18.2 Å². The maximum absolute atomic E-state index is 8.63. The Hall–Kier alpha value is -1.73. The van der Waals surface area contributed by atoms with Gasteiger partial charge in [0.1, 0.15) is 12.4 Å². The second-order valence-corrected chi connectivity index (χ2v) is 2.91. The molecule has 4 nitrogen and oxygen atoms in total. The lowest BCUT2D eigenvalue weighted by Gasteiger charge is -2.08. The molecule has 2 N–H and O–H groups in total. The number of nitrogens with zero attached hydrogens (tertiary/aromatic N) is 1. The molecule has 80 valence electrons. The fourth-order valence-electron chi connectivity index (χ4n) is 1.10. The van der Waals surface area contributed by atoms with Gasteiger partial charge in [0, 0.05) is 6.61 Å². The summed E-state index contributed by atoms with van der Waals surface area (Å²) < 4.78 is 10.5. The van der Waals surface area contributed by atoms with Gasteiger partial charge in [0.05, 0.1) is 23.9 Å². The summed E-state index contributed by atoms with van der Waals surface area (Å²) in [5.41, 5.74) is 6.70. The Kier molecular flexibility index (Phi) is 4.45. The van der Waals surface area contributed by atoms with Gasteiger partial charge in [-0.2, -0.15) is 5.26 Å². The molecule has 0 fully saturated rings. The minimum Gasteiger partial charge on any atom is -0.489 e. The van der Waals surface area contributed by atoms with Gasteiger partial charge in [-0.15, -0.1) is 0 Å². The first-order valence-corrected chi connectivity index (χ1v) is 4.78. The molecule has 0 saturated carbocycles. The monoisotopic (exact) mass is 206 g/mol. The topological polar surface area (TPSA) is 68.3 Å². The van der Waals surface area contributed by atoms with Gasteiger partial charge in [-0.25, -0.2) is 0 Å². The highest BCUT2D eigenvalue weighted by Crippen LogP contribution is 2.21. The first-order valence-electron chi connectivity index (χ1n) is 4.78. The number of ether oxygens (including phenoxy) is 2. The lowest BCUT2D eigenvalue weighted by atomic mass is 10.2. The summed E-state index contributed by atoms with van der Waals surface area (Å²) in [5.74, 6) is 0.591. The molecule has 1 rings (SSSR count). The zero-order valence-corrected chi connectivity index (χ0v) is 8.69. The van der Waals surface area contributed by atoms with Gasteiger partial charge >= 0.3 is 0 Å². The van der Waals surface area contributed by atoms with E-state index in [9.17, 15) is 0 Å². The van der Waals surface area contributed by atoms with Crippen molar-refractivity contribution in [3.8, 4) is 11.8 Å². The zero-order chi connectivity index (χ0) is 11.1. The van der Waals surface area contributed by atoms with Crippen molar-refractivity contribution >= 4 is 5.69 Å². The zero-order valence-electron chi connectivity index (χ0n) is 8.69. The number of benzene rings is 1. The molecule has 0 bridgehead atoms. The number of anilines is 1. The Morgan fingerprint density at radius 2 is 2.20 bits per heavy atom. The lowest BCUT2D eigenvalue weighted by molar-refractivity contribution is 0.110. The third kappa shape index (κ3) is 3.49. The Morgan fingerprint density at radius 1 is 1.40 bits per heavy atom. The fraction of sp³-hybridized carbons (Fsp3) is 0.364. The van der Waals surface area contributed by atoms with Crippen LogP contribution in [0.1, 0.15) is 12.5 Å². The van der Waals surface area contributed by atoms with Crippen LogP contribution in [-0.2, 0) is 4.74 Å². The third-order valence-electron chi connectivity index (χ3n) is 1.83. The van der Waals surface area contributed by atoms with E-state index in [1.54, 1.807) is 18.2 Å². The summed E-state index contributed by atoms with van der Waals surface area (Å²) in [6, 6.07) is 6.97. The van der Waals surface area contributed by atoms with Crippen molar-refractivity contribution < 1.29 is 9.47 Å². The molecule has 15 heavy (non-hydrogen) atoms. The highest BCUT2D eigenvalue weighted by atomic mass is 16.5. The maximum Gasteiger partial charge on any atom is 0.142 e. The van der Waals surface area contributed by atoms with Crippen LogP contribution in [0.3, 0.4) is 0 Å². The van der Waals surface area contributed by atoms with E-state index in [1.807, 2.05) is 13.0 Å². The Labute approximate surface area is 89.2 Å². The van der Waals surface area contributed by atoms with Gasteiger partial charge in [-0.3, -0.25) is 0 Å². The summed E-state index contributed by atoms with van der Waals surface area (Å²) in [7, 11) is 0. The van der Waals surface area contributed by atoms with Crippen molar-refractivity contribution in [3.05, 3.63) is 23.8 Å². The molecule has 1 aromatic rings. The van der Waals surface area contributed by atoms with Gasteiger partial charge in [0.25, 0.3) is 0 Å². The molecule has 0 unspecified atom stereocenters. The fourth-order valence-corrected chi connectivity index (χ4v) is 1.10. The molecule has 0 amide bonds. The molecule has 0 radical (unpaired) electrons. The summed E-state index contributed by atoms with van der Waals surface area (Å²) >= 11 is 0. The summed E-state index contributed by atoms with van der Waals surface area (Å²) in [4.78, 5) is 0. The second-order valence-electron chi connectivity index (χ2n) is 2.91. The highest BCUT2D eigenvalue weighted by molar-refractivity contribution is 5.56. The van der Waals surface area contributed by atoms with Crippen molar-refractivity contribution in [3.63, 3.8) is 0 Å². The molecular weight excluding hydrogens is 192 g/mol. The van der Waals surface area contributed by atoms with Crippen LogP contribution in [0.4, 0.5) is 5.69 Å². The lowest BCUT2D eigenvalue weighted by Crippen LogP contribution is -2.07. The van der Waals surface area contributed by atoms with Crippen molar-refractivity contribution in [1.82, 2.24) is 0 Å². The number of nitrogen functional groups attached to an aromatic ring is 1. The average molecular weight is 206 g/mol. The van der Waals surface area contributed by atoms with Crippen LogP contribution in [-0.4, -0.2) is 19.8 Å². The second kappa shape index (κ2) is 5.89. The predicted octanol–water partition coefficient (Wildman–Crippen LogP) is 1.56. The quantitative estimate of drug-likeness (QED) is 0.586. The van der Waals surface area contributed by atoms with E-state index in [4.69, 9.17) is 20.5 Å². The molecule has 4 heteroatoms. The van der Waals surface area contributed by atoms with Crippen molar-refractivity contribution in [2.24, 2.45) is 0 Å². The van der Waals surface area contributed by atoms with E-state index in [0.717, 1.165) is 0 Å². The highest BCUT2D eigenvalue weighted by Gasteiger charge is 2.01. The Bertz CT molecular complexity index is 358. The molecule has 0 aromatic heterocycles. The minimum atomic E-state index is 0.462. The summed E-state index contributed by atoms with van der Waals surface area (Å²) in [6.07, 6.45) is 0. The van der Waals surface area contributed by atoms with Crippen LogP contribution in [0.2, 0.25) is 0 Å². The molecule has 0 spiro atoms. The molecule has 0 aliphatic rings. The van der Waals surface area contributed by atoms with Crippen molar-refractivity contribution in [2.75, 3.05) is 25.6 Å². The van der Waals surface area contributed by atoms with Gasteiger partial charge in [-0.1, -0.05) is 0 Å². The van der Waals surface area contributed by atoms with E-state index in [1.165, 1.54) is 0 Å². The van der Waals surface area contributed by atoms with Crippen molar-refractivity contribution in [1.29, 1.82) is 5.26 Å². The molecule has 0 heterocycles. The van der Waals surface area contributed by atoms with Crippen LogP contribution in [0.5, 0.6) is 5.75 Å². The molecule has 0 atom stereocenters. The number of hydrogen-bond donors (Lipinski definition) is 1. The molecular formula is C11H14N2O2. The predicted molar refractivity (Wildman–Crippen MR) is 57.6 cm³/mol. The van der Waals surface area contributed by atoms with E-state index in [0.29, 0.717) is 36.8 Å². The summed E-state index contributed by atoms with van der Waals surface area (Å²) in [6.45, 7) is 3.60. The van der Waals surface area contributed by atoms with E-state index in [2.05, 4.69) is 0 Å². The number of nitriles is 1. The Balaban J connectivity index is 2.52. The number of nitrogens with two attached hydrogens (primary N) is 1. The SMILES string of the molecule is CCOCCOc1ccc(C#N)cc1N. The van der Waals surface area contributed by atoms with Gasteiger partial charge < -0.3 is 15.2 Å². The third-order valence-corrected chi connectivity index (χ3v) is 1.83. The van der Waals surface area contributed by atoms with E-state index >= 15 is 0 Å². The molecule has 0 aliphatic heterocycles. The van der Waals surface area contributed by atoms with Gasteiger partial charge in [0.2, 0.25) is 0 Å². The smallest absolute Gasteiger partial charge is 0.142 e. The van der Waals surface area contributed by atoms with Crippen LogP contribution in [0, 0.1) is 11.3 Å². The number of rotatable bonds is 5. The summed E-state index contributed by atoms with van der Waals surface area (Å²) in [5, 5.41) is 8.63. The van der Waals surface area contributed by atoms with Crippen LogP contribution in [0.25, 0.3) is 0 Å².